The van der Waals surface area contributed by atoms with Crippen molar-refractivity contribution in [1.82, 2.24) is 20.9 Å². The molecule has 1 atom stereocenters. The molecular formula is C16H24N4O5. The Hall–Kier alpha value is -2.58. The van der Waals surface area contributed by atoms with Gasteiger partial charge in [0, 0.05) is 0 Å². The average molecular weight is 352 g/mol. The summed E-state index contributed by atoms with van der Waals surface area (Å²) >= 11 is 0. The van der Waals surface area contributed by atoms with Crippen LogP contribution in [0.3, 0.4) is 0 Å². The molecule has 0 radical (unpaired) electrons. The number of carbonyl (C=O) groups is 4. The van der Waals surface area contributed by atoms with Gasteiger partial charge < -0.3 is 20.7 Å². The zero-order chi connectivity index (χ0) is 18.8. The van der Waals surface area contributed by atoms with E-state index in [2.05, 4.69) is 16.0 Å². The maximum Gasteiger partial charge on any atom is 0.337 e. The van der Waals surface area contributed by atoms with Gasteiger partial charge in [0.15, 0.2) is 0 Å². The Morgan fingerprint density at radius 1 is 1.20 bits per heavy atom. The van der Waals surface area contributed by atoms with Crippen LogP contribution in [0.1, 0.15) is 40.5 Å². The minimum Gasteiger partial charge on any atom is -0.463 e. The van der Waals surface area contributed by atoms with Crippen molar-refractivity contribution in [3.8, 4) is 0 Å². The lowest BCUT2D eigenvalue weighted by atomic mass is 9.93. The van der Waals surface area contributed by atoms with Gasteiger partial charge in [0.05, 0.1) is 30.5 Å². The first-order valence-electron chi connectivity index (χ1n) is 8.41. The molecule has 9 heteroatoms. The van der Waals surface area contributed by atoms with Crippen LogP contribution in [0, 0.1) is 0 Å². The van der Waals surface area contributed by atoms with Gasteiger partial charge in [-0.1, -0.05) is 13.8 Å². The van der Waals surface area contributed by atoms with Gasteiger partial charge in [0.25, 0.3) is 5.91 Å². The largest absolute Gasteiger partial charge is 0.463 e. The van der Waals surface area contributed by atoms with Crippen molar-refractivity contribution in [2.75, 3.05) is 13.2 Å². The van der Waals surface area contributed by atoms with Gasteiger partial charge >= 0.3 is 18.0 Å². The molecule has 2 aliphatic heterocycles. The van der Waals surface area contributed by atoms with Crippen LogP contribution in [0.5, 0.6) is 0 Å². The monoisotopic (exact) mass is 352 g/mol. The summed E-state index contributed by atoms with van der Waals surface area (Å²) in [6.45, 7) is 6.93. The Morgan fingerprint density at radius 3 is 2.36 bits per heavy atom. The van der Waals surface area contributed by atoms with Gasteiger partial charge in [-0.25, -0.2) is 14.4 Å². The predicted molar refractivity (Wildman–Crippen MR) is 88.3 cm³/mol. The van der Waals surface area contributed by atoms with Crippen LogP contribution in [-0.2, 0) is 14.3 Å². The summed E-state index contributed by atoms with van der Waals surface area (Å²) in [5.74, 6) is -0.958. The molecule has 2 heterocycles. The predicted octanol–water partition coefficient (Wildman–Crippen LogP) is 0.616. The Bertz CT molecular complexity index is 638. The Kier molecular flexibility index (Phi) is 5.34. The first-order valence-corrected chi connectivity index (χ1v) is 8.41. The van der Waals surface area contributed by atoms with Crippen molar-refractivity contribution in [3.05, 3.63) is 11.3 Å². The first-order chi connectivity index (χ1) is 11.8. The molecule has 25 heavy (non-hydrogen) atoms. The lowest BCUT2D eigenvalue weighted by molar-refractivity contribution is -0.139. The topological polar surface area (TPSA) is 117 Å². The van der Waals surface area contributed by atoms with Crippen LogP contribution < -0.4 is 16.0 Å². The van der Waals surface area contributed by atoms with Gasteiger partial charge in [0.2, 0.25) is 0 Å². The van der Waals surface area contributed by atoms with Gasteiger partial charge in [-0.05, 0) is 26.7 Å². The maximum atomic E-state index is 12.7. The number of hydrogen-bond donors (Lipinski definition) is 3. The summed E-state index contributed by atoms with van der Waals surface area (Å²) in [5.41, 5.74) is -0.543. The molecule has 0 saturated carbocycles. The van der Waals surface area contributed by atoms with Gasteiger partial charge in [-0.3, -0.25) is 9.69 Å². The third-order valence-electron chi connectivity index (χ3n) is 4.63. The molecule has 9 nitrogen and oxygen atoms in total. The molecule has 0 aromatic heterocycles. The highest BCUT2D eigenvalue weighted by Gasteiger charge is 2.49. The molecule has 1 saturated heterocycles. The van der Waals surface area contributed by atoms with Crippen molar-refractivity contribution in [3.63, 3.8) is 0 Å². The summed E-state index contributed by atoms with van der Waals surface area (Å²) in [6.07, 6.45) is 0.914. The molecule has 0 spiro atoms. The second kappa shape index (κ2) is 7.12. The lowest BCUT2D eigenvalue weighted by Crippen LogP contribution is -2.52. The molecule has 1 fully saturated rings. The lowest BCUT2D eigenvalue weighted by Gasteiger charge is -2.28. The summed E-state index contributed by atoms with van der Waals surface area (Å²) in [7, 11) is 0. The van der Waals surface area contributed by atoms with Crippen molar-refractivity contribution in [2.45, 2.75) is 52.1 Å². The normalized spacial score (nSPS) is 22.5. The highest BCUT2D eigenvalue weighted by atomic mass is 16.5. The van der Waals surface area contributed by atoms with Crippen molar-refractivity contribution < 1.29 is 23.9 Å². The SMILES string of the molecule is CCOC(=O)C1=C(CN2C(=O)NC(CC)(CC)C2=O)NC(=O)N[C@@H]1C. The van der Waals surface area contributed by atoms with E-state index in [0.29, 0.717) is 12.8 Å². The minimum atomic E-state index is -0.940. The number of esters is 1. The molecule has 0 aromatic rings. The average Bonchev–Trinajstić information content (AvgIpc) is 2.79. The summed E-state index contributed by atoms with van der Waals surface area (Å²) in [6, 6.07) is -1.63. The summed E-state index contributed by atoms with van der Waals surface area (Å²) in [5, 5.41) is 7.81. The van der Waals surface area contributed by atoms with Gasteiger partial charge in [0.1, 0.15) is 5.54 Å². The molecule has 5 amide bonds. The zero-order valence-corrected chi connectivity index (χ0v) is 14.9. The minimum absolute atomic E-state index is 0.175. The fraction of sp³-hybridized carbons (Fsp3) is 0.625. The second-order valence-corrected chi connectivity index (χ2v) is 6.04. The highest BCUT2D eigenvalue weighted by molar-refractivity contribution is 6.07. The molecule has 0 aliphatic carbocycles. The number of nitrogens with one attached hydrogen (secondary N) is 3. The van der Waals surface area contributed by atoms with Crippen LogP contribution in [0.2, 0.25) is 0 Å². The number of imide groups is 1. The zero-order valence-electron chi connectivity index (χ0n) is 14.9. The number of nitrogens with zero attached hydrogens (tertiary/aromatic N) is 1. The van der Waals surface area contributed by atoms with Gasteiger partial charge in [-0.15, -0.1) is 0 Å². The summed E-state index contributed by atoms with van der Waals surface area (Å²) < 4.78 is 5.03. The van der Waals surface area contributed by atoms with Crippen LogP contribution in [0.25, 0.3) is 0 Å². The molecule has 0 aromatic carbocycles. The van der Waals surface area contributed by atoms with E-state index >= 15 is 0 Å². The van der Waals surface area contributed by atoms with Crippen LogP contribution in [0.4, 0.5) is 9.59 Å². The molecule has 2 aliphatic rings. The van der Waals surface area contributed by atoms with E-state index in [1.54, 1.807) is 13.8 Å². The Labute approximate surface area is 146 Å². The number of rotatable bonds is 6. The van der Waals surface area contributed by atoms with E-state index in [0.717, 1.165) is 4.90 Å². The van der Waals surface area contributed by atoms with Crippen LogP contribution in [0.15, 0.2) is 11.3 Å². The smallest absolute Gasteiger partial charge is 0.337 e. The molecule has 138 valence electrons. The molecule has 3 N–H and O–H groups in total. The number of ether oxygens (including phenoxy) is 1. The number of urea groups is 2. The standard InChI is InChI=1S/C16H24N4O5/c1-5-16(6-2)13(22)20(15(24)19-16)8-10-11(12(21)25-7-3)9(4)17-14(23)18-10/h9H,5-8H2,1-4H3,(H,19,24)(H2,17,18,23)/t9-/m1/s1. The molecule has 2 rings (SSSR count). The Morgan fingerprint density at radius 2 is 1.84 bits per heavy atom. The van der Waals surface area contributed by atoms with Crippen molar-refractivity contribution >= 4 is 23.9 Å². The van der Waals surface area contributed by atoms with E-state index in [1.165, 1.54) is 0 Å². The number of carbonyl (C=O) groups excluding carboxylic acids is 4. The van der Waals surface area contributed by atoms with E-state index in [1.807, 2.05) is 13.8 Å². The summed E-state index contributed by atoms with van der Waals surface area (Å²) in [4.78, 5) is 50.0. The van der Waals surface area contributed by atoms with E-state index in [4.69, 9.17) is 4.74 Å². The van der Waals surface area contributed by atoms with E-state index in [-0.39, 0.29) is 30.3 Å². The molecular weight excluding hydrogens is 328 g/mol. The number of amides is 5. The van der Waals surface area contributed by atoms with E-state index < -0.39 is 29.6 Å². The highest BCUT2D eigenvalue weighted by Crippen LogP contribution is 2.26. The van der Waals surface area contributed by atoms with Crippen LogP contribution in [-0.4, -0.2) is 53.6 Å². The van der Waals surface area contributed by atoms with E-state index in [9.17, 15) is 19.2 Å². The van der Waals surface area contributed by atoms with Crippen molar-refractivity contribution in [2.24, 2.45) is 0 Å². The molecule has 0 bridgehead atoms. The fourth-order valence-corrected chi connectivity index (χ4v) is 3.11. The number of hydrogen-bond acceptors (Lipinski definition) is 5. The van der Waals surface area contributed by atoms with Crippen LogP contribution >= 0.6 is 0 Å². The second-order valence-electron chi connectivity index (χ2n) is 6.04. The maximum absolute atomic E-state index is 12.7. The van der Waals surface area contributed by atoms with Crippen molar-refractivity contribution in [1.29, 1.82) is 0 Å². The molecule has 0 unspecified atom stereocenters. The Balaban J connectivity index is 2.36. The first kappa shape index (κ1) is 18.8. The quantitative estimate of drug-likeness (QED) is 0.478. The third-order valence-corrected chi connectivity index (χ3v) is 4.63. The van der Waals surface area contributed by atoms with Gasteiger partial charge in [-0.2, -0.15) is 0 Å². The third kappa shape index (κ3) is 3.31. The fourth-order valence-electron chi connectivity index (χ4n) is 3.11.